The van der Waals surface area contributed by atoms with Gasteiger partial charge in [-0.05, 0) is 42.5 Å². The van der Waals surface area contributed by atoms with Gasteiger partial charge in [0.25, 0.3) is 0 Å². The zero-order chi connectivity index (χ0) is 18.1. The highest BCUT2D eigenvalue weighted by molar-refractivity contribution is 7.19. The number of benzene rings is 1. The van der Waals surface area contributed by atoms with Crippen molar-refractivity contribution in [3.05, 3.63) is 46.6 Å². The molecule has 1 saturated heterocycles. The molecule has 0 atom stereocenters. The second kappa shape index (κ2) is 7.25. The summed E-state index contributed by atoms with van der Waals surface area (Å²) >= 11 is 1.79. The van der Waals surface area contributed by atoms with Crippen LogP contribution in [-0.2, 0) is 17.6 Å². The predicted octanol–water partition coefficient (Wildman–Crippen LogP) is 3.46. The van der Waals surface area contributed by atoms with Crippen molar-refractivity contribution in [1.82, 2.24) is 9.97 Å². The van der Waals surface area contributed by atoms with E-state index in [0.29, 0.717) is 0 Å². The van der Waals surface area contributed by atoms with Gasteiger partial charge in [-0.1, -0.05) is 12.1 Å². The Morgan fingerprint density at radius 1 is 1.11 bits per heavy atom. The summed E-state index contributed by atoms with van der Waals surface area (Å²) in [7, 11) is 0. The van der Waals surface area contributed by atoms with Gasteiger partial charge in [-0.3, -0.25) is 5.43 Å². The monoisotopic (exact) mass is 379 g/mol. The minimum atomic E-state index is 0.798. The van der Waals surface area contributed by atoms with E-state index in [-0.39, 0.29) is 0 Å². The number of hydrogen-bond donors (Lipinski definition) is 1. The standard InChI is InChI=1S/C20H21N5OS/c1-2-16-17(3-1)27-20-18(16)19(21-13-22-20)24-23-12-14-4-6-15(7-5-14)25-8-10-26-11-9-25/h4-7,12-13H,1-3,8-11H2,(H,21,22,24)/b23-12-. The van der Waals surface area contributed by atoms with Gasteiger partial charge in [-0.25, -0.2) is 9.97 Å². The Balaban J connectivity index is 1.31. The number of aryl methyl sites for hydroxylation is 2. The summed E-state index contributed by atoms with van der Waals surface area (Å²) in [5.74, 6) is 0.806. The number of aromatic nitrogens is 2. The van der Waals surface area contributed by atoms with E-state index in [0.717, 1.165) is 60.7 Å². The first-order valence-corrected chi connectivity index (χ1v) is 10.2. The van der Waals surface area contributed by atoms with Gasteiger partial charge in [0.2, 0.25) is 0 Å². The Kier molecular flexibility index (Phi) is 4.47. The van der Waals surface area contributed by atoms with Crippen LogP contribution in [0.2, 0.25) is 0 Å². The van der Waals surface area contributed by atoms with E-state index in [1.807, 2.05) is 6.21 Å². The van der Waals surface area contributed by atoms with Gasteiger partial charge < -0.3 is 9.64 Å². The number of hydrogen-bond acceptors (Lipinski definition) is 7. The number of ether oxygens (including phenoxy) is 1. The molecule has 0 amide bonds. The van der Waals surface area contributed by atoms with E-state index < -0.39 is 0 Å². The number of rotatable bonds is 4. The molecule has 7 heteroatoms. The van der Waals surface area contributed by atoms with E-state index in [9.17, 15) is 0 Å². The highest BCUT2D eigenvalue weighted by Gasteiger charge is 2.20. The van der Waals surface area contributed by atoms with Crippen LogP contribution in [0.1, 0.15) is 22.4 Å². The lowest BCUT2D eigenvalue weighted by atomic mass is 10.2. The van der Waals surface area contributed by atoms with E-state index in [1.54, 1.807) is 17.7 Å². The van der Waals surface area contributed by atoms with Gasteiger partial charge in [0.05, 0.1) is 24.8 Å². The third kappa shape index (κ3) is 3.28. The number of anilines is 2. The van der Waals surface area contributed by atoms with Gasteiger partial charge in [0.1, 0.15) is 11.2 Å². The molecule has 1 aliphatic heterocycles. The largest absolute Gasteiger partial charge is 0.378 e. The molecule has 1 aromatic carbocycles. The number of hydrazone groups is 1. The Morgan fingerprint density at radius 3 is 2.81 bits per heavy atom. The predicted molar refractivity (Wildman–Crippen MR) is 110 cm³/mol. The molecular weight excluding hydrogens is 358 g/mol. The molecule has 0 spiro atoms. The smallest absolute Gasteiger partial charge is 0.158 e. The van der Waals surface area contributed by atoms with Crippen LogP contribution in [0.5, 0.6) is 0 Å². The number of thiophene rings is 1. The lowest BCUT2D eigenvalue weighted by molar-refractivity contribution is 0.122. The van der Waals surface area contributed by atoms with Crippen molar-refractivity contribution in [3.8, 4) is 0 Å². The first-order valence-electron chi connectivity index (χ1n) is 9.35. The van der Waals surface area contributed by atoms with Crippen molar-refractivity contribution in [1.29, 1.82) is 0 Å². The van der Waals surface area contributed by atoms with Gasteiger partial charge >= 0.3 is 0 Å². The van der Waals surface area contributed by atoms with Crippen molar-refractivity contribution < 1.29 is 4.74 Å². The molecular formula is C20H21N5OS. The summed E-state index contributed by atoms with van der Waals surface area (Å²) in [6.07, 6.45) is 6.95. The molecule has 138 valence electrons. The lowest BCUT2D eigenvalue weighted by Gasteiger charge is -2.28. The molecule has 1 N–H and O–H groups in total. The number of fused-ring (bicyclic) bond motifs is 3. The van der Waals surface area contributed by atoms with Crippen LogP contribution in [0.25, 0.3) is 10.2 Å². The molecule has 0 saturated carbocycles. The Bertz CT molecular complexity index is 976. The van der Waals surface area contributed by atoms with E-state index in [4.69, 9.17) is 4.74 Å². The Hall–Kier alpha value is -2.51. The summed E-state index contributed by atoms with van der Waals surface area (Å²) in [4.78, 5) is 13.7. The van der Waals surface area contributed by atoms with Crippen LogP contribution in [0.4, 0.5) is 11.5 Å². The van der Waals surface area contributed by atoms with Crippen molar-refractivity contribution in [3.63, 3.8) is 0 Å². The van der Waals surface area contributed by atoms with Gasteiger partial charge in [-0.2, -0.15) is 5.10 Å². The highest BCUT2D eigenvalue weighted by Crippen LogP contribution is 2.38. The zero-order valence-corrected chi connectivity index (χ0v) is 15.8. The van der Waals surface area contributed by atoms with Crippen LogP contribution in [0.3, 0.4) is 0 Å². The SMILES string of the molecule is C(=N/Nc1ncnc2sc3c(c12)CCC3)/c1ccc(N2CCOCC2)cc1. The maximum atomic E-state index is 5.41. The van der Waals surface area contributed by atoms with Crippen LogP contribution in [0.15, 0.2) is 35.7 Å². The fourth-order valence-corrected chi connectivity index (χ4v) is 5.00. The molecule has 3 aromatic rings. The lowest BCUT2D eigenvalue weighted by Crippen LogP contribution is -2.36. The minimum Gasteiger partial charge on any atom is -0.378 e. The number of morpholine rings is 1. The number of nitrogens with zero attached hydrogens (tertiary/aromatic N) is 4. The van der Waals surface area contributed by atoms with E-state index >= 15 is 0 Å². The molecule has 0 bridgehead atoms. The van der Waals surface area contributed by atoms with Crippen molar-refractivity contribution in [2.24, 2.45) is 5.10 Å². The second-order valence-electron chi connectivity index (χ2n) is 6.82. The summed E-state index contributed by atoms with van der Waals surface area (Å²) in [5, 5.41) is 5.56. The third-order valence-electron chi connectivity index (χ3n) is 5.15. The Morgan fingerprint density at radius 2 is 1.96 bits per heavy atom. The molecule has 0 unspecified atom stereocenters. The molecule has 1 fully saturated rings. The van der Waals surface area contributed by atoms with Crippen LogP contribution in [0, 0.1) is 0 Å². The molecule has 2 aliphatic rings. The Labute approximate surface area is 161 Å². The molecule has 27 heavy (non-hydrogen) atoms. The third-order valence-corrected chi connectivity index (χ3v) is 6.35. The normalized spacial score (nSPS) is 17.0. The topological polar surface area (TPSA) is 62.6 Å². The summed E-state index contributed by atoms with van der Waals surface area (Å²) in [5.41, 5.74) is 6.82. The highest BCUT2D eigenvalue weighted by atomic mass is 32.1. The van der Waals surface area contributed by atoms with Gasteiger partial charge in [0.15, 0.2) is 5.82 Å². The van der Waals surface area contributed by atoms with Crippen LogP contribution < -0.4 is 10.3 Å². The van der Waals surface area contributed by atoms with E-state index in [1.165, 1.54) is 22.5 Å². The van der Waals surface area contributed by atoms with Gasteiger partial charge in [-0.15, -0.1) is 11.3 Å². The first-order chi connectivity index (χ1) is 13.4. The molecule has 1 aliphatic carbocycles. The maximum Gasteiger partial charge on any atom is 0.158 e. The van der Waals surface area contributed by atoms with Crippen molar-refractivity contribution in [2.45, 2.75) is 19.3 Å². The van der Waals surface area contributed by atoms with Crippen molar-refractivity contribution >= 4 is 39.3 Å². The van der Waals surface area contributed by atoms with Crippen LogP contribution >= 0.6 is 11.3 Å². The average Bonchev–Trinajstić information content (AvgIpc) is 3.30. The van der Waals surface area contributed by atoms with E-state index in [2.05, 4.69) is 49.7 Å². The molecule has 3 heterocycles. The zero-order valence-electron chi connectivity index (χ0n) is 15.0. The molecule has 6 nitrogen and oxygen atoms in total. The van der Waals surface area contributed by atoms with Crippen molar-refractivity contribution in [2.75, 3.05) is 36.6 Å². The summed E-state index contributed by atoms with van der Waals surface area (Å²) < 4.78 is 5.41. The molecule has 0 radical (unpaired) electrons. The molecule has 5 rings (SSSR count). The molecule has 2 aromatic heterocycles. The fourth-order valence-electron chi connectivity index (χ4n) is 3.77. The van der Waals surface area contributed by atoms with Crippen LogP contribution in [-0.4, -0.2) is 42.5 Å². The maximum absolute atomic E-state index is 5.41. The average molecular weight is 379 g/mol. The quantitative estimate of drug-likeness (QED) is 0.556. The minimum absolute atomic E-state index is 0.798. The fraction of sp³-hybridized carbons (Fsp3) is 0.350. The summed E-state index contributed by atoms with van der Waals surface area (Å²) in [6.45, 7) is 3.49. The van der Waals surface area contributed by atoms with Gasteiger partial charge in [0, 0.05) is 23.7 Å². The first kappa shape index (κ1) is 16.6. The summed E-state index contributed by atoms with van der Waals surface area (Å²) in [6, 6.07) is 8.46. The number of nitrogens with one attached hydrogen (secondary N) is 1. The second-order valence-corrected chi connectivity index (χ2v) is 7.90.